The Bertz CT molecular complexity index is 422. The highest BCUT2D eigenvalue weighted by atomic mass is 16.5. The summed E-state index contributed by atoms with van der Waals surface area (Å²) in [5.74, 6) is -0.131. The number of benzene rings is 1. The van der Waals surface area contributed by atoms with Crippen molar-refractivity contribution >= 4 is 5.91 Å². The van der Waals surface area contributed by atoms with E-state index in [-0.39, 0.29) is 12.0 Å². The molecule has 1 aromatic carbocycles. The summed E-state index contributed by atoms with van der Waals surface area (Å²) in [5.41, 5.74) is 6.82. The van der Waals surface area contributed by atoms with E-state index in [2.05, 4.69) is 34.5 Å². The van der Waals surface area contributed by atoms with Crippen molar-refractivity contribution in [2.75, 3.05) is 26.2 Å². The van der Waals surface area contributed by atoms with Crippen LogP contribution in [0.25, 0.3) is 0 Å². The molecule has 1 amide bonds. The lowest BCUT2D eigenvalue weighted by atomic mass is 10.2. The maximum Gasteiger partial charge on any atom is 0.236 e. The molecule has 1 aromatic rings. The van der Waals surface area contributed by atoms with Gasteiger partial charge in [0, 0.05) is 26.2 Å². The monoisotopic (exact) mass is 277 g/mol. The fraction of sp³-hybridized carbons (Fsp3) is 0.533. The first-order valence-electron chi connectivity index (χ1n) is 7.06. The molecule has 5 nitrogen and oxygen atoms in total. The van der Waals surface area contributed by atoms with Gasteiger partial charge in [-0.15, -0.1) is 0 Å². The summed E-state index contributed by atoms with van der Waals surface area (Å²) < 4.78 is 5.68. The summed E-state index contributed by atoms with van der Waals surface area (Å²) in [6.07, 6.45) is 0.0372. The van der Waals surface area contributed by atoms with E-state index in [0.29, 0.717) is 13.2 Å². The van der Waals surface area contributed by atoms with Gasteiger partial charge < -0.3 is 15.8 Å². The molecular formula is C15H23N3O2. The van der Waals surface area contributed by atoms with Crippen LogP contribution in [-0.4, -0.2) is 49.2 Å². The highest BCUT2D eigenvalue weighted by Gasteiger charge is 2.21. The van der Waals surface area contributed by atoms with Crippen molar-refractivity contribution < 1.29 is 9.53 Å². The number of hydrogen-bond donors (Lipinski definition) is 2. The van der Waals surface area contributed by atoms with Crippen molar-refractivity contribution in [1.29, 1.82) is 0 Å². The summed E-state index contributed by atoms with van der Waals surface area (Å²) >= 11 is 0. The Kier molecular flexibility index (Phi) is 5.52. The summed E-state index contributed by atoms with van der Waals surface area (Å²) in [4.78, 5) is 13.8. The van der Waals surface area contributed by atoms with Crippen LogP contribution in [0, 0.1) is 0 Å². The number of ether oxygens (including phenoxy) is 1. The number of amides is 1. The van der Waals surface area contributed by atoms with Gasteiger partial charge in [-0.2, -0.15) is 0 Å². The lowest BCUT2D eigenvalue weighted by Gasteiger charge is -2.33. The maximum atomic E-state index is 11.5. The van der Waals surface area contributed by atoms with Crippen molar-refractivity contribution in [2.45, 2.75) is 25.6 Å². The lowest BCUT2D eigenvalue weighted by Crippen LogP contribution is -2.49. The highest BCUT2D eigenvalue weighted by molar-refractivity contribution is 5.80. The van der Waals surface area contributed by atoms with E-state index in [9.17, 15) is 4.79 Å². The molecule has 1 saturated heterocycles. The second kappa shape index (κ2) is 7.38. The van der Waals surface area contributed by atoms with Crippen molar-refractivity contribution in [2.24, 2.45) is 5.73 Å². The van der Waals surface area contributed by atoms with E-state index < -0.39 is 6.04 Å². The molecule has 0 spiro atoms. The summed E-state index contributed by atoms with van der Waals surface area (Å²) in [7, 11) is 0. The SMILES string of the molecule is C[C@H](N)C(=O)NCC1CN(Cc2ccccc2)CCO1. The van der Waals surface area contributed by atoms with Gasteiger partial charge in [-0.25, -0.2) is 0 Å². The van der Waals surface area contributed by atoms with Gasteiger partial charge in [-0.1, -0.05) is 30.3 Å². The minimum absolute atomic E-state index is 0.0372. The molecule has 0 aromatic heterocycles. The van der Waals surface area contributed by atoms with Crippen molar-refractivity contribution in [3.8, 4) is 0 Å². The molecule has 1 heterocycles. The van der Waals surface area contributed by atoms with E-state index >= 15 is 0 Å². The molecule has 1 unspecified atom stereocenters. The molecule has 20 heavy (non-hydrogen) atoms. The van der Waals surface area contributed by atoms with Crippen LogP contribution in [0.3, 0.4) is 0 Å². The van der Waals surface area contributed by atoms with Crippen molar-refractivity contribution in [3.05, 3.63) is 35.9 Å². The third-order valence-corrected chi connectivity index (χ3v) is 3.39. The smallest absolute Gasteiger partial charge is 0.236 e. The van der Waals surface area contributed by atoms with Gasteiger partial charge in [0.15, 0.2) is 0 Å². The number of nitrogens with one attached hydrogen (secondary N) is 1. The molecular weight excluding hydrogens is 254 g/mol. The molecule has 1 fully saturated rings. The lowest BCUT2D eigenvalue weighted by molar-refractivity contribution is -0.123. The Morgan fingerprint density at radius 1 is 1.50 bits per heavy atom. The first kappa shape index (κ1) is 15.0. The molecule has 5 heteroatoms. The van der Waals surface area contributed by atoms with Crippen LogP contribution in [0.4, 0.5) is 0 Å². The van der Waals surface area contributed by atoms with Gasteiger partial charge in [0.1, 0.15) is 0 Å². The van der Waals surface area contributed by atoms with E-state index in [0.717, 1.165) is 19.6 Å². The average Bonchev–Trinajstić information content (AvgIpc) is 2.46. The zero-order valence-electron chi connectivity index (χ0n) is 11.9. The fourth-order valence-corrected chi connectivity index (χ4v) is 2.26. The number of carbonyl (C=O) groups is 1. The molecule has 1 aliphatic heterocycles. The van der Waals surface area contributed by atoms with E-state index in [4.69, 9.17) is 10.5 Å². The Balaban J connectivity index is 1.78. The minimum atomic E-state index is -0.473. The first-order chi connectivity index (χ1) is 9.65. The molecule has 110 valence electrons. The number of carbonyl (C=O) groups excluding carboxylic acids is 1. The second-order valence-corrected chi connectivity index (χ2v) is 5.25. The Labute approximate surface area is 120 Å². The Hall–Kier alpha value is -1.43. The van der Waals surface area contributed by atoms with Crippen LogP contribution in [0.1, 0.15) is 12.5 Å². The summed E-state index contributed by atoms with van der Waals surface area (Å²) in [6.45, 7) is 5.57. The van der Waals surface area contributed by atoms with Gasteiger partial charge >= 0.3 is 0 Å². The molecule has 0 aliphatic carbocycles. The molecule has 0 saturated carbocycles. The molecule has 2 rings (SSSR count). The molecule has 0 radical (unpaired) electrons. The largest absolute Gasteiger partial charge is 0.374 e. The highest BCUT2D eigenvalue weighted by Crippen LogP contribution is 2.10. The van der Waals surface area contributed by atoms with Crippen LogP contribution in [0.5, 0.6) is 0 Å². The third-order valence-electron chi connectivity index (χ3n) is 3.39. The number of nitrogens with zero attached hydrogens (tertiary/aromatic N) is 1. The topological polar surface area (TPSA) is 67.6 Å². The minimum Gasteiger partial charge on any atom is -0.374 e. The van der Waals surface area contributed by atoms with Crippen LogP contribution in [0.2, 0.25) is 0 Å². The quantitative estimate of drug-likeness (QED) is 0.815. The predicted molar refractivity (Wildman–Crippen MR) is 78.1 cm³/mol. The standard InChI is InChI=1S/C15H23N3O2/c1-12(16)15(19)17-9-14-11-18(7-8-20-14)10-13-5-3-2-4-6-13/h2-6,12,14H,7-11,16H2,1H3,(H,17,19)/t12-,14?/m0/s1. The normalized spacial score (nSPS) is 21.4. The maximum absolute atomic E-state index is 11.5. The molecule has 0 bridgehead atoms. The number of nitrogens with two attached hydrogens (primary N) is 1. The number of morpholine rings is 1. The Morgan fingerprint density at radius 2 is 2.25 bits per heavy atom. The van der Waals surface area contributed by atoms with Crippen LogP contribution in [-0.2, 0) is 16.1 Å². The number of hydrogen-bond acceptors (Lipinski definition) is 4. The molecule has 3 N–H and O–H groups in total. The Morgan fingerprint density at radius 3 is 2.95 bits per heavy atom. The second-order valence-electron chi connectivity index (χ2n) is 5.25. The average molecular weight is 277 g/mol. The third kappa shape index (κ3) is 4.59. The summed E-state index contributed by atoms with van der Waals surface area (Å²) in [5, 5.41) is 2.82. The predicted octanol–water partition coefficient (Wildman–Crippen LogP) is 0.351. The van der Waals surface area contributed by atoms with E-state index in [1.54, 1.807) is 6.92 Å². The van der Waals surface area contributed by atoms with Crippen molar-refractivity contribution in [3.63, 3.8) is 0 Å². The van der Waals surface area contributed by atoms with Gasteiger partial charge in [-0.05, 0) is 12.5 Å². The van der Waals surface area contributed by atoms with Gasteiger partial charge in [0.05, 0.1) is 18.8 Å². The zero-order valence-corrected chi connectivity index (χ0v) is 11.9. The molecule has 1 aliphatic rings. The van der Waals surface area contributed by atoms with Crippen molar-refractivity contribution in [1.82, 2.24) is 10.2 Å². The zero-order chi connectivity index (χ0) is 14.4. The number of rotatable bonds is 5. The van der Waals surface area contributed by atoms with Crippen LogP contribution < -0.4 is 11.1 Å². The van der Waals surface area contributed by atoms with Crippen LogP contribution >= 0.6 is 0 Å². The van der Waals surface area contributed by atoms with E-state index in [1.165, 1.54) is 5.56 Å². The van der Waals surface area contributed by atoms with Gasteiger partial charge in [0.25, 0.3) is 0 Å². The van der Waals surface area contributed by atoms with E-state index in [1.807, 2.05) is 6.07 Å². The van der Waals surface area contributed by atoms with Gasteiger partial charge in [0.2, 0.25) is 5.91 Å². The van der Waals surface area contributed by atoms with Crippen LogP contribution in [0.15, 0.2) is 30.3 Å². The molecule has 2 atom stereocenters. The first-order valence-corrected chi connectivity index (χ1v) is 7.06. The summed E-state index contributed by atoms with van der Waals surface area (Å²) in [6, 6.07) is 9.91. The van der Waals surface area contributed by atoms with Gasteiger partial charge in [-0.3, -0.25) is 9.69 Å². The fourth-order valence-electron chi connectivity index (χ4n) is 2.26.